The Morgan fingerprint density at radius 1 is 0.944 bits per heavy atom. The molecule has 0 aromatic heterocycles. The van der Waals surface area contributed by atoms with Gasteiger partial charge >= 0.3 is 11.9 Å². The number of ether oxygens (including phenoxy) is 2. The monoisotopic (exact) mass is 256 g/mol. The SMILES string of the molecule is CCCC(=O)OC1CCCC(OC(=O)CCC)C1. The summed E-state index contributed by atoms with van der Waals surface area (Å²) in [6.07, 6.45) is 5.79. The first-order valence-corrected chi connectivity index (χ1v) is 7.04. The predicted octanol–water partition coefficient (Wildman–Crippen LogP) is 2.98. The third-order valence-electron chi connectivity index (χ3n) is 3.08. The maximum atomic E-state index is 11.4. The summed E-state index contributed by atoms with van der Waals surface area (Å²) >= 11 is 0. The van der Waals surface area contributed by atoms with Crippen molar-refractivity contribution in [3.63, 3.8) is 0 Å². The number of hydrogen-bond acceptors (Lipinski definition) is 4. The summed E-state index contributed by atoms with van der Waals surface area (Å²) in [6.45, 7) is 3.91. The van der Waals surface area contributed by atoms with E-state index >= 15 is 0 Å². The molecule has 1 saturated carbocycles. The van der Waals surface area contributed by atoms with Crippen molar-refractivity contribution in [2.45, 2.75) is 77.4 Å². The van der Waals surface area contributed by atoms with Gasteiger partial charge < -0.3 is 9.47 Å². The molecule has 0 aliphatic heterocycles. The molecule has 1 aliphatic rings. The molecule has 2 atom stereocenters. The normalized spacial score (nSPS) is 23.4. The molecule has 0 saturated heterocycles. The van der Waals surface area contributed by atoms with Crippen LogP contribution in [0.15, 0.2) is 0 Å². The predicted molar refractivity (Wildman–Crippen MR) is 68.0 cm³/mol. The van der Waals surface area contributed by atoms with Crippen molar-refractivity contribution in [3.8, 4) is 0 Å². The highest BCUT2D eigenvalue weighted by atomic mass is 16.6. The molecule has 0 radical (unpaired) electrons. The smallest absolute Gasteiger partial charge is 0.306 e. The average Bonchev–Trinajstić information content (AvgIpc) is 2.29. The minimum absolute atomic E-state index is 0.0720. The number of carbonyl (C=O) groups is 2. The molecule has 0 amide bonds. The maximum Gasteiger partial charge on any atom is 0.306 e. The molecule has 0 aromatic rings. The fourth-order valence-electron chi connectivity index (χ4n) is 2.21. The summed E-state index contributed by atoms with van der Waals surface area (Å²) in [5, 5.41) is 0. The largest absolute Gasteiger partial charge is 0.462 e. The van der Waals surface area contributed by atoms with E-state index in [2.05, 4.69) is 0 Å². The zero-order chi connectivity index (χ0) is 13.4. The molecule has 1 rings (SSSR count). The van der Waals surface area contributed by atoms with Crippen molar-refractivity contribution in [3.05, 3.63) is 0 Å². The number of esters is 2. The van der Waals surface area contributed by atoms with Gasteiger partial charge in [0.1, 0.15) is 12.2 Å². The molecule has 18 heavy (non-hydrogen) atoms. The van der Waals surface area contributed by atoms with Crippen LogP contribution >= 0.6 is 0 Å². The fraction of sp³-hybridized carbons (Fsp3) is 0.857. The highest BCUT2D eigenvalue weighted by Gasteiger charge is 2.26. The first kappa shape index (κ1) is 15.0. The molecular weight excluding hydrogens is 232 g/mol. The van der Waals surface area contributed by atoms with Crippen LogP contribution in [0.4, 0.5) is 0 Å². The van der Waals surface area contributed by atoms with Gasteiger partial charge in [-0.15, -0.1) is 0 Å². The lowest BCUT2D eigenvalue weighted by atomic mass is 9.95. The summed E-state index contributed by atoms with van der Waals surface area (Å²) in [7, 11) is 0. The van der Waals surface area contributed by atoms with E-state index in [0.29, 0.717) is 19.3 Å². The lowest BCUT2D eigenvalue weighted by Crippen LogP contribution is -2.31. The van der Waals surface area contributed by atoms with Gasteiger partial charge in [0, 0.05) is 19.3 Å². The van der Waals surface area contributed by atoms with Gasteiger partial charge in [-0.05, 0) is 32.1 Å². The Morgan fingerprint density at radius 2 is 1.39 bits per heavy atom. The van der Waals surface area contributed by atoms with Crippen LogP contribution in [0, 0.1) is 0 Å². The second-order valence-corrected chi connectivity index (χ2v) is 4.89. The molecular formula is C14H24O4. The van der Waals surface area contributed by atoms with Crippen molar-refractivity contribution in [2.75, 3.05) is 0 Å². The van der Waals surface area contributed by atoms with E-state index in [9.17, 15) is 9.59 Å². The van der Waals surface area contributed by atoms with Crippen LogP contribution in [0.2, 0.25) is 0 Å². The van der Waals surface area contributed by atoms with Gasteiger partial charge in [0.25, 0.3) is 0 Å². The van der Waals surface area contributed by atoms with E-state index in [-0.39, 0.29) is 24.1 Å². The Kier molecular flexibility index (Phi) is 6.76. The van der Waals surface area contributed by atoms with Crippen LogP contribution < -0.4 is 0 Å². The highest BCUT2D eigenvalue weighted by molar-refractivity contribution is 5.70. The minimum atomic E-state index is -0.136. The average molecular weight is 256 g/mol. The second kappa shape index (κ2) is 8.11. The minimum Gasteiger partial charge on any atom is -0.462 e. The molecule has 1 aliphatic carbocycles. The molecule has 104 valence electrons. The topological polar surface area (TPSA) is 52.6 Å². The van der Waals surface area contributed by atoms with Gasteiger partial charge in [0.2, 0.25) is 0 Å². The third-order valence-corrected chi connectivity index (χ3v) is 3.08. The Bertz CT molecular complexity index is 249. The van der Waals surface area contributed by atoms with E-state index in [4.69, 9.17) is 9.47 Å². The van der Waals surface area contributed by atoms with Gasteiger partial charge in [0.15, 0.2) is 0 Å². The molecule has 0 N–H and O–H groups in total. The van der Waals surface area contributed by atoms with Gasteiger partial charge in [-0.3, -0.25) is 9.59 Å². The highest BCUT2D eigenvalue weighted by Crippen LogP contribution is 2.24. The van der Waals surface area contributed by atoms with E-state index in [1.807, 2.05) is 13.8 Å². The Balaban J connectivity index is 2.31. The van der Waals surface area contributed by atoms with Crippen molar-refractivity contribution in [2.24, 2.45) is 0 Å². The number of carbonyl (C=O) groups excluding carboxylic acids is 2. The summed E-state index contributed by atoms with van der Waals surface area (Å²) in [6, 6.07) is 0. The third kappa shape index (κ3) is 5.52. The van der Waals surface area contributed by atoms with Crippen LogP contribution in [0.25, 0.3) is 0 Å². The Labute approximate surface area is 109 Å². The molecule has 2 unspecified atom stereocenters. The summed E-state index contributed by atoms with van der Waals surface area (Å²) in [5.41, 5.74) is 0. The molecule has 0 heterocycles. The van der Waals surface area contributed by atoms with Crippen molar-refractivity contribution < 1.29 is 19.1 Å². The molecule has 0 bridgehead atoms. The quantitative estimate of drug-likeness (QED) is 0.685. The molecule has 0 spiro atoms. The lowest BCUT2D eigenvalue weighted by Gasteiger charge is -2.28. The summed E-state index contributed by atoms with van der Waals surface area (Å²) < 4.78 is 10.7. The van der Waals surface area contributed by atoms with Gasteiger partial charge in [-0.2, -0.15) is 0 Å². The Morgan fingerprint density at radius 3 is 1.78 bits per heavy atom. The Hall–Kier alpha value is -1.06. The van der Waals surface area contributed by atoms with E-state index < -0.39 is 0 Å². The van der Waals surface area contributed by atoms with Crippen LogP contribution in [-0.4, -0.2) is 24.1 Å². The van der Waals surface area contributed by atoms with Crippen LogP contribution in [-0.2, 0) is 19.1 Å². The molecule has 4 nitrogen and oxygen atoms in total. The maximum absolute atomic E-state index is 11.4. The molecule has 1 fully saturated rings. The fourth-order valence-corrected chi connectivity index (χ4v) is 2.21. The van der Waals surface area contributed by atoms with Gasteiger partial charge in [0.05, 0.1) is 0 Å². The molecule has 4 heteroatoms. The van der Waals surface area contributed by atoms with Crippen LogP contribution in [0.5, 0.6) is 0 Å². The van der Waals surface area contributed by atoms with Gasteiger partial charge in [-0.25, -0.2) is 0 Å². The van der Waals surface area contributed by atoms with E-state index in [1.54, 1.807) is 0 Å². The summed E-state index contributed by atoms with van der Waals surface area (Å²) in [4.78, 5) is 22.8. The second-order valence-electron chi connectivity index (χ2n) is 4.89. The zero-order valence-electron chi connectivity index (χ0n) is 11.4. The van der Waals surface area contributed by atoms with Crippen LogP contribution in [0.1, 0.15) is 65.2 Å². The number of hydrogen-bond donors (Lipinski definition) is 0. The summed E-state index contributed by atoms with van der Waals surface area (Å²) in [5.74, 6) is -0.272. The first-order valence-electron chi connectivity index (χ1n) is 7.04. The van der Waals surface area contributed by atoms with Crippen molar-refractivity contribution in [1.29, 1.82) is 0 Å². The first-order chi connectivity index (χ1) is 8.65. The van der Waals surface area contributed by atoms with E-state index in [0.717, 1.165) is 32.1 Å². The standard InChI is InChI=1S/C14H24O4/c1-3-6-13(15)17-11-8-5-9-12(10-11)18-14(16)7-4-2/h11-12H,3-10H2,1-2H3. The van der Waals surface area contributed by atoms with Crippen LogP contribution in [0.3, 0.4) is 0 Å². The van der Waals surface area contributed by atoms with Crippen molar-refractivity contribution >= 4 is 11.9 Å². The van der Waals surface area contributed by atoms with E-state index in [1.165, 1.54) is 0 Å². The van der Waals surface area contributed by atoms with Crippen molar-refractivity contribution in [1.82, 2.24) is 0 Å². The zero-order valence-corrected chi connectivity index (χ0v) is 11.4. The van der Waals surface area contributed by atoms with Gasteiger partial charge in [-0.1, -0.05) is 13.8 Å². The molecule has 0 aromatic carbocycles. The number of rotatable bonds is 6. The lowest BCUT2D eigenvalue weighted by molar-refractivity contribution is -0.158.